The molecule has 0 aliphatic rings. The van der Waals surface area contributed by atoms with Gasteiger partial charge in [-0.15, -0.1) is 0 Å². The molecule has 0 fully saturated rings. The number of hydrogen-bond donors (Lipinski definition) is 1. The zero-order valence-electron chi connectivity index (χ0n) is 19.6. The number of rotatable bonds is 17. The van der Waals surface area contributed by atoms with E-state index in [0.717, 1.165) is 24.9 Å². The molecule has 0 saturated heterocycles. The van der Waals surface area contributed by atoms with Crippen LogP contribution in [-0.4, -0.2) is 29.6 Å². The SMILES string of the molecule is CCCCCCCN(CCCCCCC)CCC[C@@H](O)c1cccc2ccccc12. The molecule has 1 N–H and O–H groups in total. The van der Waals surface area contributed by atoms with Crippen LogP contribution < -0.4 is 0 Å². The second kappa shape index (κ2) is 15.4. The van der Waals surface area contributed by atoms with Crippen molar-refractivity contribution in [2.45, 2.75) is 97.0 Å². The smallest absolute Gasteiger partial charge is 0.0796 e. The Kier molecular flexibility index (Phi) is 12.8. The molecular weight excluding hydrogens is 366 g/mol. The third kappa shape index (κ3) is 9.18. The summed E-state index contributed by atoms with van der Waals surface area (Å²) in [4.78, 5) is 2.66. The summed E-state index contributed by atoms with van der Waals surface area (Å²) in [5, 5.41) is 13.3. The standard InChI is InChI=1S/C28H45NO/c1-3-5-7-9-13-22-29(23-14-10-8-6-4-2)24-16-21-28(30)27-20-15-18-25-17-11-12-19-26(25)27/h11-12,15,17-20,28,30H,3-10,13-14,16,21-24H2,1-2H3/t28-/m1/s1. The number of hydrogen-bond acceptors (Lipinski definition) is 2. The van der Waals surface area contributed by atoms with Crippen LogP contribution in [-0.2, 0) is 0 Å². The van der Waals surface area contributed by atoms with Gasteiger partial charge in [-0.3, -0.25) is 0 Å². The highest BCUT2D eigenvalue weighted by Crippen LogP contribution is 2.27. The van der Waals surface area contributed by atoms with E-state index >= 15 is 0 Å². The van der Waals surface area contributed by atoms with Crippen molar-refractivity contribution in [1.82, 2.24) is 4.90 Å². The maximum atomic E-state index is 10.9. The Morgan fingerprint density at radius 1 is 0.667 bits per heavy atom. The van der Waals surface area contributed by atoms with Crippen molar-refractivity contribution in [3.05, 3.63) is 48.0 Å². The number of nitrogens with zero attached hydrogens (tertiary/aromatic N) is 1. The Balaban J connectivity index is 1.80. The van der Waals surface area contributed by atoms with Crippen LogP contribution in [0.2, 0.25) is 0 Å². The Labute approximate surface area is 185 Å². The first-order chi connectivity index (χ1) is 14.8. The van der Waals surface area contributed by atoms with Crippen LogP contribution in [0.4, 0.5) is 0 Å². The fourth-order valence-electron chi connectivity index (χ4n) is 4.42. The first-order valence-electron chi connectivity index (χ1n) is 12.6. The summed E-state index contributed by atoms with van der Waals surface area (Å²) < 4.78 is 0. The zero-order valence-corrected chi connectivity index (χ0v) is 19.6. The minimum atomic E-state index is -0.368. The van der Waals surface area contributed by atoms with Crippen molar-refractivity contribution in [1.29, 1.82) is 0 Å². The van der Waals surface area contributed by atoms with Crippen LogP contribution in [0.25, 0.3) is 10.8 Å². The van der Waals surface area contributed by atoms with E-state index in [4.69, 9.17) is 0 Å². The predicted molar refractivity (Wildman–Crippen MR) is 132 cm³/mol. The summed E-state index contributed by atoms with van der Waals surface area (Å²) >= 11 is 0. The van der Waals surface area contributed by atoms with Gasteiger partial charge in [-0.25, -0.2) is 0 Å². The molecule has 0 aliphatic carbocycles. The number of benzene rings is 2. The van der Waals surface area contributed by atoms with E-state index in [1.165, 1.54) is 88.1 Å². The van der Waals surface area contributed by atoms with E-state index < -0.39 is 0 Å². The van der Waals surface area contributed by atoms with Crippen molar-refractivity contribution in [2.24, 2.45) is 0 Å². The third-order valence-electron chi connectivity index (χ3n) is 6.29. The zero-order chi connectivity index (χ0) is 21.4. The lowest BCUT2D eigenvalue weighted by Gasteiger charge is -2.23. The largest absolute Gasteiger partial charge is 0.388 e. The van der Waals surface area contributed by atoms with Gasteiger partial charge < -0.3 is 10.0 Å². The van der Waals surface area contributed by atoms with E-state index in [0.29, 0.717) is 0 Å². The molecule has 1 atom stereocenters. The molecule has 2 rings (SSSR count). The van der Waals surface area contributed by atoms with Crippen LogP contribution in [0.15, 0.2) is 42.5 Å². The molecule has 2 nitrogen and oxygen atoms in total. The molecule has 2 aromatic rings. The Morgan fingerprint density at radius 3 is 1.90 bits per heavy atom. The molecule has 0 bridgehead atoms. The van der Waals surface area contributed by atoms with Crippen molar-refractivity contribution in [3.63, 3.8) is 0 Å². The molecule has 168 valence electrons. The van der Waals surface area contributed by atoms with Gasteiger partial charge in [0.1, 0.15) is 0 Å². The first kappa shape index (κ1) is 24.9. The summed E-state index contributed by atoms with van der Waals surface area (Å²) in [6, 6.07) is 14.7. The minimum Gasteiger partial charge on any atom is -0.388 e. The summed E-state index contributed by atoms with van der Waals surface area (Å²) in [5.74, 6) is 0. The highest BCUT2D eigenvalue weighted by molar-refractivity contribution is 5.85. The van der Waals surface area contributed by atoms with E-state index in [2.05, 4.69) is 61.2 Å². The van der Waals surface area contributed by atoms with Crippen LogP contribution in [0.3, 0.4) is 0 Å². The molecule has 0 spiro atoms. The highest BCUT2D eigenvalue weighted by Gasteiger charge is 2.12. The lowest BCUT2D eigenvalue weighted by atomic mass is 9.98. The van der Waals surface area contributed by atoms with Crippen LogP contribution in [0, 0.1) is 0 Å². The Bertz CT molecular complexity index is 664. The van der Waals surface area contributed by atoms with Gasteiger partial charge in [-0.1, -0.05) is 108 Å². The third-order valence-corrected chi connectivity index (χ3v) is 6.29. The second-order valence-electron chi connectivity index (χ2n) is 8.90. The molecule has 2 aromatic carbocycles. The fourth-order valence-corrected chi connectivity index (χ4v) is 4.42. The maximum absolute atomic E-state index is 10.9. The fraction of sp³-hybridized carbons (Fsp3) is 0.643. The Morgan fingerprint density at radius 2 is 1.23 bits per heavy atom. The van der Waals surface area contributed by atoms with Crippen molar-refractivity contribution >= 4 is 10.8 Å². The Hall–Kier alpha value is -1.38. The lowest BCUT2D eigenvalue weighted by Crippen LogP contribution is -2.27. The molecular formula is C28H45NO. The van der Waals surface area contributed by atoms with Crippen molar-refractivity contribution in [3.8, 4) is 0 Å². The van der Waals surface area contributed by atoms with Crippen molar-refractivity contribution < 1.29 is 5.11 Å². The van der Waals surface area contributed by atoms with Gasteiger partial charge in [0.2, 0.25) is 0 Å². The molecule has 0 heterocycles. The average molecular weight is 412 g/mol. The van der Waals surface area contributed by atoms with Gasteiger partial charge in [0.05, 0.1) is 6.10 Å². The second-order valence-corrected chi connectivity index (χ2v) is 8.90. The molecule has 0 saturated carbocycles. The van der Waals surface area contributed by atoms with E-state index in [-0.39, 0.29) is 6.10 Å². The number of aliphatic hydroxyl groups is 1. The van der Waals surface area contributed by atoms with E-state index in [9.17, 15) is 5.11 Å². The van der Waals surface area contributed by atoms with E-state index in [1.54, 1.807) is 0 Å². The van der Waals surface area contributed by atoms with Crippen LogP contribution in [0.1, 0.15) is 103 Å². The van der Waals surface area contributed by atoms with Gasteiger partial charge in [-0.05, 0) is 61.7 Å². The van der Waals surface area contributed by atoms with Gasteiger partial charge in [-0.2, -0.15) is 0 Å². The van der Waals surface area contributed by atoms with E-state index in [1.807, 2.05) is 0 Å². The molecule has 0 aliphatic heterocycles. The minimum absolute atomic E-state index is 0.368. The van der Waals surface area contributed by atoms with Crippen LogP contribution in [0.5, 0.6) is 0 Å². The monoisotopic (exact) mass is 411 g/mol. The molecule has 30 heavy (non-hydrogen) atoms. The predicted octanol–water partition coefficient (Wildman–Crippen LogP) is 7.90. The highest BCUT2D eigenvalue weighted by atomic mass is 16.3. The van der Waals surface area contributed by atoms with Gasteiger partial charge in [0.15, 0.2) is 0 Å². The van der Waals surface area contributed by atoms with Crippen LogP contribution >= 0.6 is 0 Å². The van der Waals surface area contributed by atoms with Gasteiger partial charge in [0.25, 0.3) is 0 Å². The van der Waals surface area contributed by atoms with Gasteiger partial charge in [0, 0.05) is 0 Å². The summed E-state index contributed by atoms with van der Waals surface area (Å²) in [6.45, 7) is 8.13. The number of fused-ring (bicyclic) bond motifs is 1. The van der Waals surface area contributed by atoms with Gasteiger partial charge >= 0.3 is 0 Å². The lowest BCUT2D eigenvalue weighted by molar-refractivity contribution is 0.155. The first-order valence-corrected chi connectivity index (χ1v) is 12.6. The molecule has 0 aromatic heterocycles. The summed E-state index contributed by atoms with van der Waals surface area (Å²) in [6.07, 6.45) is 15.0. The average Bonchev–Trinajstić information content (AvgIpc) is 2.77. The summed E-state index contributed by atoms with van der Waals surface area (Å²) in [5.41, 5.74) is 1.08. The number of aliphatic hydroxyl groups excluding tert-OH is 1. The topological polar surface area (TPSA) is 23.5 Å². The molecule has 0 amide bonds. The normalized spacial score (nSPS) is 12.7. The van der Waals surface area contributed by atoms with Crippen molar-refractivity contribution in [2.75, 3.05) is 19.6 Å². The maximum Gasteiger partial charge on any atom is 0.0796 e. The quantitative estimate of drug-likeness (QED) is 0.267. The molecule has 0 radical (unpaired) electrons. The molecule has 2 heteroatoms. The molecule has 0 unspecified atom stereocenters. The summed E-state index contributed by atoms with van der Waals surface area (Å²) in [7, 11) is 0. The number of unbranched alkanes of at least 4 members (excludes halogenated alkanes) is 8.